The van der Waals surface area contributed by atoms with Crippen LogP contribution in [0.15, 0.2) is 30.3 Å². The van der Waals surface area contributed by atoms with Crippen molar-refractivity contribution < 1.29 is 47.4 Å². The number of benzene rings is 1. The summed E-state index contributed by atoms with van der Waals surface area (Å²) in [4.78, 5) is 0. The summed E-state index contributed by atoms with van der Waals surface area (Å²) >= 11 is 0. The average molecular weight is 282 g/mol. The Balaban J connectivity index is 0.000000605. The number of fused-ring (bicyclic) bond motifs is 1. The Kier molecular flexibility index (Phi) is 5.79. The van der Waals surface area contributed by atoms with Crippen molar-refractivity contribution in [3.63, 3.8) is 0 Å². The van der Waals surface area contributed by atoms with Gasteiger partial charge in [-0.1, -0.05) is 24.3 Å². The number of hydrogen-bond acceptors (Lipinski definition) is 1. The molecule has 0 saturated heterocycles. The van der Waals surface area contributed by atoms with Crippen LogP contribution < -0.4 is 4.74 Å². The van der Waals surface area contributed by atoms with Crippen LogP contribution in [0, 0.1) is 0 Å². The zero-order chi connectivity index (χ0) is 6.81. The fourth-order valence-electron chi connectivity index (χ4n) is 1.06. The van der Waals surface area contributed by atoms with Crippen molar-refractivity contribution in [1.29, 1.82) is 0 Å². The molecule has 0 aromatic heterocycles. The van der Waals surface area contributed by atoms with Gasteiger partial charge < -0.3 is 4.74 Å². The van der Waals surface area contributed by atoms with E-state index in [0.29, 0.717) is 6.61 Å². The molecule has 3 heteroatoms. The normalized spacial score (nSPS) is 11.7. The van der Waals surface area contributed by atoms with E-state index in [-0.39, 0.29) is 42.7 Å². The Labute approximate surface area is 101 Å². The third-order valence-electron chi connectivity index (χ3n) is 1.55. The molecule has 0 atom stereocenters. The van der Waals surface area contributed by atoms with Gasteiger partial charge in [-0.05, 0) is 12.1 Å². The smallest absolute Gasteiger partial charge is 0.126 e. The zero-order valence-electron chi connectivity index (χ0n) is 6.40. The van der Waals surface area contributed by atoms with E-state index in [1.54, 1.807) is 0 Å². The molecule has 12 heavy (non-hydrogen) atoms. The van der Waals surface area contributed by atoms with Gasteiger partial charge in [0.15, 0.2) is 0 Å². The number of ether oxygens (including phenoxy) is 1. The van der Waals surface area contributed by atoms with E-state index < -0.39 is 0 Å². The first kappa shape index (κ1) is 12.1. The first-order valence-corrected chi connectivity index (χ1v) is 3.35. The molecular weight excluding hydrogens is 274 g/mol. The first-order chi connectivity index (χ1) is 4.97. The van der Waals surface area contributed by atoms with E-state index in [1.165, 1.54) is 5.56 Å². The molecule has 1 aliphatic rings. The third kappa shape index (κ3) is 2.57. The first-order valence-electron chi connectivity index (χ1n) is 3.35. The van der Waals surface area contributed by atoms with Crippen molar-refractivity contribution in [2.24, 2.45) is 0 Å². The molecule has 0 N–H and O–H groups in total. The van der Waals surface area contributed by atoms with Gasteiger partial charge in [-0.15, -0.1) is 0 Å². The van der Waals surface area contributed by atoms with E-state index in [9.17, 15) is 0 Å². The standard InChI is InChI=1S/C9H8O.Ni.Zr/c1-2-6-9-8(4-1)5-3-7-10-9;;/h1-6H,7H2;;. The predicted octanol–water partition coefficient (Wildman–Crippen LogP) is 2.09. The molecule has 0 saturated carbocycles. The predicted molar refractivity (Wildman–Crippen MR) is 41.0 cm³/mol. The minimum absolute atomic E-state index is 0. The van der Waals surface area contributed by atoms with Crippen LogP contribution >= 0.6 is 0 Å². The van der Waals surface area contributed by atoms with Gasteiger partial charge in [0, 0.05) is 48.3 Å². The fourth-order valence-corrected chi connectivity index (χ4v) is 1.06. The molecule has 64 valence electrons. The molecule has 1 nitrogen and oxygen atoms in total. The second kappa shape index (κ2) is 5.73. The van der Waals surface area contributed by atoms with Crippen molar-refractivity contribution in [3.8, 4) is 5.75 Å². The van der Waals surface area contributed by atoms with Crippen molar-refractivity contribution in [3.05, 3.63) is 35.9 Å². The molecule has 0 unspecified atom stereocenters. The molecule has 1 aromatic rings. The summed E-state index contributed by atoms with van der Waals surface area (Å²) in [6, 6.07) is 8.03. The average Bonchev–Trinajstić information content (AvgIpc) is 2.05. The van der Waals surface area contributed by atoms with Crippen LogP contribution in [0.1, 0.15) is 5.56 Å². The maximum Gasteiger partial charge on any atom is 0.126 e. The van der Waals surface area contributed by atoms with Crippen molar-refractivity contribution in [2.45, 2.75) is 0 Å². The molecule has 0 bridgehead atoms. The molecular formula is C9H8NiOZr. The van der Waals surface area contributed by atoms with Crippen LogP contribution in [0.2, 0.25) is 0 Å². The van der Waals surface area contributed by atoms with E-state index in [2.05, 4.69) is 6.08 Å². The van der Waals surface area contributed by atoms with E-state index in [0.717, 1.165) is 5.75 Å². The van der Waals surface area contributed by atoms with E-state index in [1.807, 2.05) is 30.3 Å². The van der Waals surface area contributed by atoms with Gasteiger partial charge in [-0.2, -0.15) is 0 Å². The van der Waals surface area contributed by atoms with Gasteiger partial charge in [0.05, 0.1) is 0 Å². The Hall–Kier alpha value is 0.137. The van der Waals surface area contributed by atoms with Crippen molar-refractivity contribution >= 4 is 6.08 Å². The Morgan fingerprint density at radius 1 is 1.17 bits per heavy atom. The van der Waals surface area contributed by atoms with Crippen LogP contribution in [-0.2, 0) is 42.7 Å². The molecule has 1 heterocycles. The minimum Gasteiger partial charge on any atom is -0.489 e. The number of para-hydroxylation sites is 1. The Bertz CT molecular complexity index is 273. The summed E-state index contributed by atoms with van der Waals surface area (Å²) in [7, 11) is 0. The van der Waals surface area contributed by atoms with Crippen LogP contribution in [-0.4, -0.2) is 6.61 Å². The summed E-state index contributed by atoms with van der Waals surface area (Å²) < 4.78 is 5.34. The molecule has 0 amide bonds. The van der Waals surface area contributed by atoms with Crippen LogP contribution in [0.5, 0.6) is 5.75 Å². The largest absolute Gasteiger partial charge is 0.489 e. The number of rotatable bonds is 0. The molecule has 1 aliphatic heterocycles. The fraction of sp³-hybridized carbons (Fsp3) is 0.111. The Morgan fingerprint density at radius 2 is 1.92 bits per heavy atom. The van der Waals surface area contributed by atoms with Crippen LogP contribution in [0.4, 0.5) is 0 Å². The summed E-state index contributed by atoms with van der Waals surface area (Å²) in [6.07, 6.45) is 4.10. The maximum absolute atomic E-state index is 5.34. The SMILES string of the molecule is C1=Cc2ccccc2OC1.[Ni].[Zr]. The second-order valence-electron chi connectivity index (χ2n) is 2.25. The summed E-state index contributed by atoms with van der Waals surface area (Å²) in [5, 5.41) is 0. The molecule has 0 spiro atoms. The maximum atomic E-state index is 5.34. The monoisotopic (exact) mass is 280 g/mol. The van der Waals surface area contributed by atoms with Gasteiger partial charge in [-0.25, -0.2) is 0 Å². The van der Waals surface area contributed by atoms with Crippen LogP contribution in [0.25, 0.3) is 6.08 Å². The summed E-state index contributed by atoms with van der Waals surface area (Å²) in [6.45, 7) is 0.705. The number of hydrogen-bond donors (Lipinski definition) is 0. The second-order valence-corrected chi connectivity index (χ2v) is 2.25. The topological polar surface area (TPSA) is 9.23 Å². The Morgan fingerprint density at radius 3 is 2.67 bits per heavy atom. The molecule has 0 radical (unpaired) electrons. The van der Waals surface area contributed by atoms with E-state index in [4.69, 9.17) is 4.74 Å². The summed E-state index contributed by atoms with van der Waals surface area (Å²) in [5.74, 6) is 0.991. The van der Waals surface area contributed by atoms with Gasteiger partial charge in [0.1, 0.15) is 12.4 Å². The third-order valence-corrected chi connectivity index (χ3v) is 1.55. The van der Waals surface area contributed by atoms with Crippen LogP contribution in [0.3, 0.4) is 0 Å². The molecule has 0 aliphatic carbocycles. The van der Waals surface area contributed by atoms with E-state index >= 15 is 0 Å². The molecule has 0 fully saturated rings. The van der Waals surface area contributed by atoms with Gasteiger partial charge in [-0.3, -0.25) is 0 Å². The summed E-state index contributed by atoms with van der Waals surface area (Å²) in [5.41, 5.74) is 1.17. The van der Waals surface area contributed by atoms with Gasteiger partial charge in [0.25, 0.3) is 0 Å². The van der Waals surface area contributed by atoms with Gasteiger partial charge >= 0.3 is 0 Å². The van der Waals surface area contributed by atoms with Gasteiger partial charge in [0.2, 0.25) is 0 Å². The molecule has 2 rings (SSSR count). The minimum atomic E-state index is 0. The van der Waals surface area contributed by atoms with Crippen molar-refractivity contribution in [1.82, 2.24) is 0 Å². The van der Waals surface area contributed by atoms with Crippen molar-refractivity contribution in [2.75, 3.05) is 6.61 Å². The quantitative estimate of drug-likeness (QED) is 0.662. The molecule has 1 aromatic carbocycles. The zero-order valence-corrected chi connectivity index (χ0v) is 9.84.